The molecular formula is C23H29NO5. The molecule has 0 unspecified atom stereocenters. The Bertz CT molecular complexity index is 882. The monoisotopic (exact) mass is 399 g/mol. The number of aliphatic hydroxyl groups is 1. The van der Waals surface area contributed by atoms with Gasteiger partial charge in [0.1, 0.15) is 11.7 Å². The van der Waals surface area contributed by atoms with E-state index in [-0.39, 0.29) is 17.8 Å². The van der Waals surface area contributed by atoms with E-state index < -0.39 is 23.2 Å². The Morgan fingerprint density at radius 2 is 2.14 bits per heavy atom. The number of phenolic OH excluding ortho intramolecular Hbond substituents is 1. The Hall–Kier alpha value is -1.79. The van der Waals surface area contributed by atoms with Gasteiger partial charge < -0.3 is 19.7 Å². The highest BCUT2D eigenvalue weighted by Gasteiger charge is 2.75. The van der Waals surface area contributed by atoms with Gasteiger partial charge in [-0.05, 0) is 62.6 Å². The van der Waals surface area contributed by atoms with Gasteiger partial charge >= 0.3 is 5.97 Å². The van der Waals surface area contributed by atoms with Crippen LogP contribution in [0.1, 0.15) is 56.6 Å². The molecule has 156 valence electrons. The zero-order chi connectivity index (χ0) is 20.0. The molecule has 2 saturated carbocycles. The quantitative estimate of drug-likeness (QED) is 0.760. The molecule has 0 aromatic heterocycles. The van der Waals surface area contributed by atoms with Crippen molar-refractivity contribution in [3.8, 4) is 11.5 Å². The molecular weight excluding hydrogens is 370 g/mol. The van der Waals surface area contributed by atoms with Crippen LogP contribution in [0.4, 0.5) is 0 Å². The summed E-state index contributed by atoms with van der Waals surface area (Å²) in [6, 6.07) is 3.79. The summed E-state index contributed by atoms with van der Waals surface area (Å²) in [7, 11) is 0. The van der Waals surface area contributed by atoms with Crippen LogP contribution in [0, 0.1) is 5.92 Å². The fourth-order valence-corrected chi connectivity index (χ4v) is 7.26. The van der Waals surface area contributed by atoms with E-state index >= 15 is 0 Å². The molecule has 1 spiro atoms. The fourth-order valence-electron chi connectivity index (χ4n) is 7.26. The van der Waals surface area contributed by atoms with Gasteiger partial charge in [-0.25, -0.2) is 0 Å². The van der Waals surface area contributed by atoms with E-state index in [4.69, 9.17) is 9.47 Å². The van der Waals surface area contributed by atoms with Crippen molar-refractivity contribution in [2.75, 3.05) is 13.1 Å². The highest BCUT2D eigenvalue weighted by atomic mass is 16.6. The van der Waals surface area contributed by atoms with Crippen LogP contribution in [0.15, 0.2) is 12.1 Å². The largest absolute Gasteiger partial charge is 0.504 e. The van der Waals surface area contributed by atoms with Crippen LogP contribution >= 0.6 is 0 Å². The van der Waals surface area contributed by atoms with Gasteiger partial charge in [-0.15, -0.1) is 0 Å². The molecule has 29 heavy (non-hydrogen) atoms. The number of likely N-dealkylation sites (tertiary alicyclic amines) is 1. The van der Waals surface area contributed by atoms with Crippen LogP contribution in [0.2, 0.25) is 0 Å². The topological polar surface area (TPSA) is 79.2 Å². The first-order valence-corrected chi connectivity index (χ1v) is 11.1. The van der Waals surface area contributed by atoms with Crippen LogP contribution in [-0.4, -0.2) is 58.0 Å². The van der Waals surface area contributed by atoms with E-state index in [9.17, 15) is 15.0 Å². The molecule has 3 fully saturated rings. The lowest BCUT2D eigenvalue weighted by atomic mass is 9.48. The summed E-state index contributed by atoms with van der Waals surface area (Å²) in [4.78, 5) is 14.9. The van der Waals surface area contributed by atoms with Gasteiger partial charge in [-0.3, -0.25) is 9.69 Å². The molecule has 6 rings (SSSR count). The maximum Gasteiger partial charge on any atom is 0.303 e. The van der Waals surface area contributed by atoms with Crippen molar-refractivity contribution in [2.45, 2.75) is 81.1 Å². The van der Waals surface area contributed by atoms with Gasteiger partial charge in [0, 0.05) is 19.0 Å². The number of carbonyl (C=O) groups excluding carboxylic acids is 1. The van der Waals surface area contributed by atoms with Gasteiger partial charge in [-0.2, -0.15) is 0 Å². The predicted molar refractivity (Wildman–Crippen MR) is 105 cm³/mol. The summed E-state index contributed by atoms with van der Waals surface area (Å²) < 4.78 is 12.6. The predicted octanol–water partition coefficient (Wildman–Crippen LogP) is 2.28. The number of hydrogen-bond acceptors (Lipinski definition) is 6. The molecule has 2 N–H and O–H groups in total. The average Bonchev–Trinajstić information content (AvgIpc) is 2.99. The Kier molecular flexibility index (Phi) is 3.66. The minimum absolute atomic E-state index is 0.0855. The van der Waals surface area contributed by atoms with Gasteiger partial charge in [0.25, 0.3) is 0 Å². The number of nitrogens with zero attached hydrogens (tertiary/aromatic N) is 1. The standard InChI is InChI=1S/C23H29NO5/c1-13(25)29-23-8-7-17(27)21-22(23)9-10-24(12-14-3-2-4-14)18(23)11-15-5-6-16(26)20(28-21)19(15)22/h5-6,14,17-18,21,26-27H,2-4,7-12H2,1H3/t17-,18+,21-,22-,23+/m0/s1. The number of aliphatic hydroxyl groups excluding tert-OH is 1. The van der Waals surface area contributed by atoms with Crippen LogP contribution in [-0.2, 0) is 21.4 Å². The van der Waals surface area contributed by atoms with E-state index in [1.165, 1.54) is 31.7 Å². The Balaban J connectivity index is 1.56. The van der Waals surface area contributed by atoms with Crippen LogP contribution in [0.5, 0.6) is 11.5 Å². The molecule has 0 amide bonds. The number of esters is 1. The average molecular weight is 399 g/mol. The molecule has 5 atom stereocenters. The summed E-state index contributed by atoms with van der Waals surface area (Å²) in [5.74, 6) is 1.08. The molecule has 5 aliphatic rings. The molecule has 6 heteroatoms. The SMILES string of the molecule is CC(=O)O[C@@]12CC[C@H](O)[C@@H]3Oc4c(O)ccc5c4[C@@]31CCN(CC1CCC1)[C@@H]2C5. The third-order valence-corrected chi connectivity index (χ3v) is 8.54. The molecule has 2 heterocycles. The molecule has 1 saturated heterocycles. The number of ether oxygens (including phenoxy) is 2. The highest BCUT2D eigenvalue weighted by Crippen LogP contribution is 2.66. The van der Waals surface area contributed by atoms with Crippen molar-refractivity contribution in [2.24, 2.45) is 5.92 Å². The van der Waals surface area contributed by atoms with Gasteiger partial charge in [0.05, 0.1) is 17.6 Å². The highest BCUT2D eigenvalue weighted by molar-refractivity contribution is 5.69. The summed E-state index contributed by atoms with van der Waals surface area (Å²) in [6.07, 6.45) is 5.51. The van der Waals surface area contributed by atoms with E-state index in [0.29, 0.717) is 18.6 Å². The van der Waals surface area contributed by atoms with Gasteiger partial charge in [-0.1, -0.05) is 12.5 Å². The normalized spacial score (nSPS) is 40.0. The third-order valence-electron chi connectivity index (χ3n) is 8.54. The van der Waals surface area contributed by atoms with E-state index in [2.05, 4.69) is 4.90 Å². The first-order chi connectivity index (χ1) is 14.0. The summed E-state index contributed by atoms with van der Waals surface area (Å²) >= 11 is 0. The summed E-state index contributed by atoms with van der Waals surface area (Å²) in [5.41, 5.74) is 0.859. The Labute approximate surface area is 170 Å². The van der Waals surface area contributed by atoms with Crippen molar-refractivity contribution >= 4 is 5.97 Å². The zero-order valence-electron chi connectivity index (χ0n) is 16.9. The summed E-state index contributed by atoms with van der Waals surface area (Å²) in [5, 5.41) is 21.5. The van der Waals surface area contributed by atoms with Gasteiger partial charge in [0.15, 0.2) is 11.5 Å². The number of aromatic hydroxyl groups is 1. The van der Waals surface area contributed by atoms with Crippen molar-refractivity contribution < 1.29 is 24.5 Å². The van der Waals surface area contributed by atoms with Crippen molar-refractivity contribution in [1.29, 1.82) is 0 Å². The number of rotatable bonds is 3. The number of phenols is 1. The summed E-state index contributed by atoms with van der Waals surface area (Å²) in [6.45, 7) is 3.45. The first kappa shape index (κ1) is 18.0. The molecule has 2 aliphatic heterocycles. The van der Waals surface area contributed by atoms with Gasteiger partial charge in [0.2, 0.25) is 0 Å². The molecule has 1 aromatic rings. The molecule has 1 aromatic carbocycles. The Morgan fingerprint density at radius 1 is 1.31 bits per heavy atom. The van der Waals surface area contributed by atoms with Crippen LogP contribution in [0.3, 0.4) is 0 Å². The molecule has 0 radical (unpaired) electrons. The molecule has 3 aliphatic carbocycles. The number of piperidine rings is 1. The maximum atomic E-state index is 12.4. The number of hydrogen-bond donors (Lipinski definition) is 2. The lowest BCUT2D eigenvalue weighted by molar-refractivity contribution is -0.230. The van der Waals surface area contributed by atoms with Crippen molar-refractivity contribution in [1.82, 2.24) is 4.90 Å². The van der Waals surface area contributed by atoms with E-state index in [0.717, 1.165) is 37.4 Å². The van der Waals surface area contributed by atoms with E-state index in [1.807, 2.05) is 6.07 Å². The number of benzene rings is 1. The first-order valence-electron chi connectivity index (χ1n) is 11.1. The second kappa shape index (κ2) is 5.88. The molecule has 2 bridgehead atoms. The third kappa shape index (κ3) is 2.12. The minimum Gasteiger partial charge on any atom is -0.504 e. The smallest absolute Gasteiger partial charge is 0.303 e. The van der Waals surface area contributed by atoms with Crippen molar-refractivity contribution in [3.05, 3.63) is 23.3 Å². The van der Waals surface area contributed by atoms with E-state index in [1.54, 1.807) is 6.07 Å². The number of carbonyl (C=O) groups is 1. The lowest BCUT2D eigenvalue weighted by Crippen LogP contribution is -2.78. The maximum absolute atomic E-state index is 12.4. The van der Waals surface area contributed by atoms with Crippen molar-refractivity contribution in [3.63, 3.8) is 0 Å². The van der Waals surface area contributed by atoms with Crippen LogP contribution in [0.25, 0.3) is 0 Å². The Morgan fingerprint density at radius 3 is 2.86 bits per heavy atom. The van der Waals surface area contributed by atoms with Crippen LogP contribution < -0.4 is 4.74 Å². The zero-order valence-corrected chi connectivity index (χ0v) is 16.9. The minimum atomic E-state index is -0.712. The second-order valence-corrected chi connectivity index (χ2v) is 9.81. The second-order valence-electron chi connectivity index (χ2n) is 9.81. The molecule has 6 nitrogen and oxygen atoms in total. The fraction of sp³-hybridized carbons (Fsp3) is 0.696. The lowest BCUT2D eigenvalue weighted by Gasteiger charge is -2.65.